The molecule has 1 aromatic heterocycles. The van der Waals surface area contributed by atoms with Crippen LogP contribution in [0.3, 0.4) is 0 Å². The van der Waals surface area contributed by atoms with Gasteiger partial charge in [-0.1, -0.05) is 35.5 Å². The highest BCUT2D eigenvalue weighted by molar-refractivity contribution is 5.92. The van der Waals surface area contributed by atoms with Gasteiger partial charge in [0.1, 0.15) is 5.76 Å². The lowest BCUT2D eigenvalue weighted by molar-refractivity contribution is 0.0919. The van der Waals surface area contributed by atoms with Crippen LogP contribution in [0.5, 0.6) is 0 Å². The Bertz CT molecular complexity index is 673. The number of nitrogens with one attached hydrogen (secondary N) is 2. The molecule has 1 aliphatic carbocycles. The molecule has 0 spiro atoms. The van der Waals surface area contributed by atoms with Crippen molar-refractivity contribution in [3.63, 3.8) is 0 Å². The van der Waals surface area contributed by atoms with E-state index in [0.29, 0.717) is 11.6 Å². The number of hydrogen-bond donors (Lipinski definition) is 2. The van der Waals surface area contributed by atoms with Crippen LogP contribution in [0.15, 0.2) is 40.9 Å². The third kappa shape index (κ3) is 3.15. The van der Waals surface area contributed by atoms with Crippen LogP contribution in [-0.2, 0) is 0 Å². The molecule has 1 aliphatic heterocycles. The number of carbonyl (C=O) groups excluding carboxylic acids is 1. The van der Waals surface area contributed by atoms with Gasteiger partial charge in [-0.2, -0.15) is 0 Å². The van der Waals surface area contributed by atoms with Crippen molar-refractivity contribution in [2.75, 3.05) is 6.54 Å². The first-order valence-corrected chi connectivity index (χ1v) is 8.37. The lowest BCUT2D eigenvalue weighted by atomic mass is 9.98. The van der Waals surface area contributed by atoms with Crippen molar-refractivity contribution in [1.29, 1.82) is 0 Å². The molecule has 0 radical (unpaired) electrons. The Balaban J connectivity index is 1.52. The second kappa shape index (κ2) is 6.16. The monoisotopic (exact) mass is 311 g/mol. The molecule has 1 amide bonds. The van der Waals surface area contributed by atoms with E-state index in [-0.39, 0.29) is 18.0 Å². The Labute approximate surface area is 135 Å². The highest BCUT2D eigenvalue weighted by atomic mass is 16.5. The maximum Gasteiger partial charge on any atom is 0.274 e. The molecule has 2 heterocycles. The van der Waals surface area contributed by atoms with Gasteiger partial charge in [0, 0.05) is 18.0 Å². The molecule has 2 fully saturated rings. The van der Waals surface area contributed by atoms with Gasteiger partial charge in [-0.15, -0.1) is 0 Å². The minimum atomic E-state index is -0.164. The molecule has 2 N–H and O–H groups in total. The largest absolute Gasteiger partial charge is 0.360 e. The molecule has 2 aliphatic rings. The zero-order chi connectivity index (χ0) is 15.6. The minimum Gasteiger partial charge on any atom is -0.360 e. The predicted molar refractivity (Wildman–Crippen MR) is 86.2 cm³/mol. The maximum absolute atomic E-state index is 12.6. The number of benzene rings is 1. The van der Waals surface area contributed by atoms with Crippen LogP contribution in [0.1, 0.15) is 59.5 Å². The van der Waals surface area contributed by atoms with Gasteiger partial charge >= 0.3 is 0 Å². The summed E-state index contributed by atoms with van der Waals surface area (Å²) in [5, 5.41) is 10.6. The van der Waals surface area contributed by atoms with Gasteiger partial charge in [0.05, 0.1) is 6.04 Å². The molecule has 5 heteroatoms. The molecule has 1 unspecified atom stereocenters. The van der Waals surface area contributed by atoms with E-state index in [9.17, 15) is 4.79 Å². The maximum atomic E-state index is 12.6. The lowest BCUT2D eigenvalue weighted by Gasteiger charge is -2.25. The van der Waals surface area contributed by atoms with E-state index in [1.165, 1.54) is 0 Å². The average molecular weight is 311 g/mol. The zero-order valence-electron chi connectivity index (χ0n) is 13.0. The molecule has 2 atom stereocenters. The predicted octanol–water partition coefficient (Wildman–Crippen LogP) is 2.78. The third-order valence-corrected chi connectivity index (χ3v) is 4.69. The SMILES string of the molecule is O=C(NC(c1ccccc1)[C@@H]1CCCN1)c1cc(C2CC2)on1. The summed E-state index contributed by atoms with van der Waals surface area (Å²) in [7, 11) is 0. The summed E-state index contributed by atoms with van der Waals surface area (Å²) >= 11 is 0. The van der Waals surface area contributed by atoms with Gasteiger partial charge in [-0.05, 0) is 37.8 Å². The topological polar surface area (TPSA) is 67.2 Å². The normalized spacial score (nSPS) is 22.0. The summed E-state index contributed by atoms with van der Waals surface area (Å²) in [5.41, 5.74) is 1.50. The molecule has 120 valence electrons. The second-order valence-electron chi connectivity index (χ2n) is 6.45. The van der Waals surface area contributed by atoms with Crippen molar-refractivity contribution in [1.82, 2.24) is 15.8 Å². The smallest absolute Gasteiger partial charge is 0.274 e. The van der Waals surface area contributed by atoms with E-state index in [2.05, 4.69) is 27.9 Å². The molecular weight excluding hydrogens is 290 g/mol. The minimum absolute atomic E-state index is 0.0488. The van der Waals surface area contributed by atoms with Gasteiger partial charge in [0.15, 0.2) is 5.69 Å². The third-order valence-electron chi connectivity index (χ3n) is 4.69. The van der Waals surface area contributed by atoms with Crippen LogP contribution in [-0.4, -0.2) is 23.7 Å². The summed E-state index contributed by atoms with van der Waals surface area (Å²) in [6.07, 6.45) is 4.47. The zero-order valence-corrected chi connectivity index (χ0v) is 13.0. The Morgan fingerprint density at radius 2 is 2.09 bits per heavy atom. The molecule has 1 saturated heterocycles. The molecule has 5 nitrogen and oxygen atoms in total. The Hall–Kier alpha value is -2.14. The van der Waals surface area contributed by atoms with Crippen LogP contribution in [0.2, 0.25) is 0 Å². The number of rotatable bonds is 5. The van der Waals surface area contributed by atoms with Crippen molar-refractivity contribution >= 4 is 5.91 Å². The molecule has 23 heavy (non-hydrogen) atoms. The Kier molecular flexibility index (Phi) is 3.87. The van der Waals surface area contributed by atoms with E-state index in [1.54, 1.807) is 6.07 Å². The first-order valence-electron chi connectivity index (χ1n) is 8.37. The van der Waals surface area contributed by atoms with Crippen LogP contribution >= 0.6 is 0 Å². The molecule has 4 rings (SSSR count). The fourth-order valence-corrected chi connectivity index (χ4v) is 3.24. The Morgan fingerprint density at radius 3 is 2.78 bits per heavy atom. The van der Waals surface area contributed by atoms with Crippen molar-refractivity contribution in [2.24, 2.45) is 0 Å². The van der Waals surface area contributed by atoms with Gasteiger partial charge in [-0.25, -0.2) is 0 Å². The van der Waals surface area contributed by atoms with Crippen LogP contribution in [0.25, 0.3) is 0 Å². The van der Waals surface area contributed by atoms with Crippen molar-refractivity contribution in [3.8, 4) is 0 Å². The van der Waals surface area contributed by atoms with E-state index < -0.39 is 0 Å². The number of hydrogen-bond acceptors (Lipinski definition) is 4. The van der Waals surface area contributed by atoms with Gasteiger partial charge in [0.25, 0.3) is 5.91 Å². The molecule has 1 saturated carbocycles. The number of amides is 1. The second-order valence-corrected chi connectivity index (χ2v) is 6.45. The van der Waals surface area contributed by atoms with Crippen molar-refractivity contribution in [2.45, 2.75) is 43.7 Å². The standard InChI is InChI=1S/C18H21N3O2/c22-18(15-11-16(23-21-15)12-8-9-12)20-17(14-7-4-10-19-14)13-5-2-1-3-6-13/h1-3,5-6,11-12,14,17,19H,4,7-10H2,(H,20,22)/t14-,17?/m0/s1. The number of nitrogens with zero attached hydrogens (tertiary/aromatic N) is 1. The lowest BCUT2D eigenvalue weighted by Crippen LogP contribution is -2.41. The highest BCUT2D eigenvalue weighted by Gasteiger charge is 2.31. The summed E-state index contributed by atoms with van der Waals surface area (Å²) in [6, 6.07) is 12.1. The summed E-state index contributed by atoms with van der Waals surface area (Å²) in [6.45, 7) is 1.000. The van der Waals surface area contributed by atoms with Crippen molar-refractivity contribution in [3.05, 3.63) is 53.4 Å². The molecular formula is C18H21N3O2. The van der Waals surface area contributed by atoms with E-state index in [0.717, 1.165) is 43.6 Å². The average Bonchev–Trinajstić information content (AvgIpc) is 3.10. The number of carbonyl (C=O) groups is 1. The van der Waals surface area contributed by atoms with Gasteiger partial charge in [0.2, 0.25) is 0 Å². The van der Waals surface area contributed by atoms with Crippen LogP contribution in [0, 0.1) is 0 Å². The number of aromatic nitrogens is 1. The van der Waals surface area contributed by atoms with E-state index >= 15 is 0 Å². The van der Waals surface area contributed by atoms with Gasteiger partial charge in [-0.3, -0.25) is 4.79 Å². The highest BCUT2D eigenvalue weighted by Crippen LogP contribution is 2.40. The molecule has 0 bridgehead atoms. The van der Waals surface area contributed by atoms with E-state index in [1.807, 2.05) is 18.2 Å². The van der Waals surface area contributed by atoms with Gasteiger partial charge < -0.3 is 15.2 Å². The Morgan fingerprint density at radius 1 is 1.26 bits per heavy atom. The first kappa shape index (κ1) is 14.5. The van der Waals surface area contributed by atoms with Crippen LogP contribution in [0.4, 0.5) is 0 Å². The molecule has 1 aromatic carbocycles. The van der Waals surface area contributed by atoms with Crippen molar-refractivity contribution < 1.29 is 9.32 Å². The fraction of sp³-hybridized carbons (Fsp3) is 0.444. The summed E-state index contributed by atoms with van der Waals surface area (Å²) < 4.78 is 5.30. The quantitative estimate of drug-likeness (QED) is 0.891. The summed E-state index contributed by atoms with van der Waals surface area (Å²) in [4.78, 5) is 12.6. The fourth-order valence-electron chi connectivity index (χ4n) is 3.24. The van der Waals surface area contributed by atoms with Crippen LogP contribution < -0.4 is 10.6 Å². The summed E-state index contributed by atoms with van der Waals surface area (Å²) in [5.74, 6) is 1.14. The van der Waals surface area contributed by atoms with E-state index in [4.69, 9.17) is 4.52 Å². The molecule has 2 aromatic rings. The first-order chi connectivity index (χ1) is 11.3.